The van der Waals surface area contributed by atoms with Crippen LogP contribution in [0.25, 0.3) is 0 Å². The molecule has 0 amide bonds. The number of ether oxygens (including phenoxy) is 1. The van der Waals surface area contributed by atoms with Crippen molar-refractivity contribution in [3.63, 3.8) is 0 Å². The molecule has 0 saturated carbocycles. The lowest BCUT2D eigenvalue weighted by Crippen LogP contribution is -2.17. The van der Waals surface area contributed by atoms with Gasteiger partial charge in [0.25, 0.3) is 0 Å². The highest BCUT2D eigenvalue weighted by Crippen LogP contribution is 2.23. The fraction of sp³-hybridized carbons (Fsp3) is 0.692. The van der Waals surface area contributed by atoms with Gasteiger partial charge in [-0.25, -0.2) is 9.97 Å². The molecule has 0 unspecified atom stereocenters. The van der Waals surface area contributed by atoms with Crippen molar-refractivity contribution >= 4 is 0 Å². The highest BCUT2D eigenvalue weighted by molar-refractivity contribution is 5.07. The van der Waals surface area contributed by atoms with Crippen LogP contribution in [0.15, 0.2) is 12.4 Å². The zero-order valence-corrected chi connectivity index (χ0v) is 10.5. The van der Waals surface area contributed by atoms with E-state index >= 15 is 0 Å². The Kier molecular flexibility index (Phi) is 4.88. The van der Waals surface area contributed by atoms with Crippen LogP contribution >= 0.6 is 0 Å². The molecule has 0 spiro atoms. The highest BCUT2D eigenvalue weighted by atomic mass is 16.5. The Morgan fingerprint density at radius 3 is 2.65 bits per heavy atom. The van der Waals surface area contributed by atoms with Gasteiger partial charge in [0.2, 0.25) is 0 Å². The summed E-state index contributed by atoms with van der Waals surface area (Å²) in [5.74, 6) is 1.47. The van der Waals surface area contributed by atoms with Crippen LogP contribution in [-0.2, 0) is 11.3 Å². The molecule has 1 aromatic rings. The van der Waals surface area contributed by atoms with Crippen LogP contribution in [-0.4, -0.2) is 29.7 Å². The molecular formula is C13H21N3O. The molecule has 0 bridgehead atoms. The zero-order valence-electron chi connectivity index (χ0n) is 10.5. The molecule has 1 fully saturated rings. The number of aromatic nitrogens is 2. The molecule has 1 aromatic heterocycles. The van der Waals surface area contributed by atoms with E-state index in [4.69, 9.17) is 4.74 Å². The van der Waals surface area contributed by atoms with E-state index in [1.54, 1.807) is 0 Å². The quantitative estimate of drug-likeness (QED) is 0.791. The molecule has 4 nitrogen and oxygen atoms in total. The minimum atomic E-state index is 0.487. The van der Waals surface area contributed by atoms with Crippen molar-refractivity contribution < 1.29 is 4.74 Å². The molecule has 1 aliphatic rings. The number of nitrogens with one attached hydrogen (secondary N) is 1. The molecule has 2 rings (SSSR count). The van der Waals surface area contributed by atoms with Gasteiger partial charge in [0.1, 0.15) is 5.82 Å². The molecule has 0 aliphatic carbocycles. The molecule has 1 N–H and O–H groups in total. The third-order valence-corrected chi connectivity index (χ3v) is 3.07. The maximum atomic E-state index is 5.34. The van der Waals surface area contributed by atoms with Gasteiger partial charge in [0.05, 0.1) is 0 Å². The topological polar surface area (TPSA) is 47.0 Å². The first-order chi connectivity index (χ1) is 8.40. The van der Waals surface area contributed by atoms with Crippen molar-refractivity contribution in [2.24, 2.45) is 0 Å². The fourth-order valence-corrected chi connectivity index (χ4v) is 2.03. The number of hydrogen-bond acceptors (Lipinski definition) is 4. The lowest BCUT2D eigenvalue weighted by atomic mass is 9.99. The predicted octanol–water partition coefficient (Wildman–Crippen LogP) is 1.87. The normalized spacial score (nSPS) is 17.2. The van der Waals surface area contributed by atoms with Crippen molar-refractivity contribution in [2.45, 2.75) is 38.6 Å². The predicted molar refractivity (Wildman–Crippen MR) is 66.8 cm³/mol. The summed E-state index contributed by atoms with van der Waals surface area (Å²) >= 11 is 0. The summed E-state index contributed by atoms with van der Waals surface area (Å²) < 4.78 is 5.34. The molecular weight excluding hydrogens is 214 g/mol. The smallest absolute Gasteiger partial charge is 0.131 e. The van der Waals surface area contributed by atoms with Gasteiger partial charge in [-0.1, -0.05) is 6.92 Å². The SMILES string of the molecule is CCCNCc1cnc(C2CCOCC2)nc1. The average Bonchev–Trinajstić information content (AvgIpc) is 2.41. The zero-order chi connectivity index (χ0) is 11.9. The summed E-state index contributed by atoms with van der Waals surface area (Å²) in [4.78, 5) is 8.95. The van der Waals surface area contributed by atoms with Gasteiger partial charge in [-0.15, -0.1) is 0 Å². The summed E-state index contributed by atoms with van der Waals surface area (Å²) in [6.45, 7) is 5.75. The van der Waals surface area contributed by atoms with E-state index in [1.165, 1.54) is 0 Å². The lowest BCUT2D eigenvalue weighted by molar-refractivity contribution is 0.0835. The van der Waals surface area contributed by atoms with Crippen LogP contribution in [0.5, 0.6) is 0 Å². The maximum absolute atomic E-state index is 5.34. The maximum Gasteiger partial charge on any atom is 0.131 e. The summed E-state index contributed by atoms with van der Waals surface area (Å²) in [6, 6.07) is 0. The van der Waals surface area contributed by atoms with E-state index in [-0.39, 0.29) is 0 Å². The van der Waals surface area contributed by atoms with Crippen LogP contribution in [0.2, 0.25) is 0 Å². The van der Waals surface area contributed by atoms with Crippen molar-refractivity contribution in [1.82, 2.24) is 15.3 Å². The minimum absolute atomic E-state index is 0.487. The third-order valence-electron chi connectivity index (χ3n) is 3.07. The van der Waals surface area contributed by atoms with E-state index in [2.05, 4.69) is 22.2 Å². The second-order valence-corrected chi connectivity index (χ2v) is 4.51. The first-order valence-electron chi connectivity index (χ1n) is 6.49. The monoisotopic (exact) mass is 235 g/mol. The Morgan fingerprint density at radius 2 is 2.00 bits per heavy atom. The molecule has 17 heavy (non-hydrogen) atoms. The van der Waals surface area contributed by atoms with E-state index in [0.29, 0.717) is 5.92 Å². The minimum Gasteiger partial charge on any atom is -0.381 e. The third kappa shape index (κ3) is 3.75. The van der Waals surface area contributed by atoms with Crippen molar-refractivity contribution in [2.75, 3.05) is 19.8 Å². The Balaban J connectivity index is 1.88. The van der Waals surface area contributed by atoms with Gasteiger partial charge in [-0.05, 0) is 25.8 Å². The Hall–Kier alpha value is -1.00. The molecule has 1 saturated heterocycles. The van der Waals surface area contributed by atoms with Crippen LogP contribution in [0, 0.1) is 0 Å². The van der Waals surface area contributed by atoms with Crippen LogP contribution in [0.4, 0.5) is 0 Å². The summed E-state index contributed by atoms with van der Waals surface area (Å²) in [5, 5.41) is 3.35. The molecule has 0 radical (unpaired) electrons. The second kappa shape index (κ2) is 6.67. The lowest BCUT2D eigenvalue weighted by Gasteiger charge is -2.20. The van der Waals surface area contributed by atoms with Gasteiger partial charge in [0, 0.05) is 43.6 Å². The van der Waals surface area contributed by atoms with Gasteiger partial charge in [-0.2, -0.15) is 0 Å². The molecule has 2 heterocycles. The van der Waals surface area contributed by atoms with Crippen molar-refractivity contribution in [3.8, 4) is 0 Å². The fourth-order valence-electron chi connectivity index (χ4n) is 2.03. The first-order valence-corrected chi connectivity index (χ1v) is 6.49. The number of hydrogen-bond donors (Lipinski definition) is 1. The summed E-state index contributed by atoms with van der Waals surface area (Å²) in [6.07, 6.45) is 7.14. The van der Waals surface area contributed by atoms with E-state index in [0.717, 1.165) is 57.0 Å². The molecule has 0 atom stereocenters. The largest absolute Gasteiger partial charge is 0.381 e. The summed E-state index contributed by atoms with van der Waals surface area (Å²) in [5.41, 5.74) is 1.16. The van der Waals surface area contributed by atoms with E-state index in [1.807, 2.05) is 12.4 Å². The average molecular weight is 235 g/mol. The molecule has 0 aromatic carbocycles. The van der Waals surface area contributed by atoms with Crippen LogP contribution in [0.3, 0.4) is 0 Å². The number of nitrogens with zero attached hydrogens (tertiary/aromatic N) is 2. The van der Waals surface area contributed by atoms with Gasteiger partial charge in [0.15, 0.2) is 0 Å². The first kappa shape index (κ1) is 12.5. The van der Waals surface area contributed by atoms with Gasteiger partial charge >= 0.3 is 0 Å². The van der Waals surface area contributed by atoms with E-state index in [9.17, 15) is 0 Å². The Labute approximate surface area is 103 Å². The molecule has 94 valence electrons. The van der Waals surface area contributed by atoms with Crippen LogP contribution in [0.1, 0.15) is 43.5 Å². The van der Waals surface area contributed by atoms with Crippen molar-refractivity contribution in [1.29, 1.82) is 0 Å². The summed E-state index contributed by atoms with van der Waals surface area (Å²) in [7, 11) is 0. The van der Waals surface area contributed by atoms with E-state index < -0.39 is 0 Å². The highest BCUT2D eigenvalue weighted by Gasteiger charge is 2.17. The molecule has 4 heteroatoms. The Morgan fingerprint density at radius 1 is 1.29 bits per heavy atom. The molecule has 1 aliphatic heterocycles. The Bertz CT molecular complexity index is 320. The second-order valence-electron chi connectivity index (χ2n) is 4.51. The van der Waals surface area contributed by atoms with Gasteiger partial charge in [-0.3, -0.25) is 0 Å². The van der Waals surface area contributed by atoms with Crippen LogP contribution < -0.4 is 5.32 Å². The van der Waals surface area contributed by atoms with Crippen molar-refractivity contribution in [3.05, 3.63) is 23.8 Å². The van der Waals surface area contributed by atoms with Gasteiger partial charge < -0.3 is 10.1 Å². The standard InChI is InChI=1S/C13H21N3O/c1-2-5-14-8-11-9-15-13(16-10-11)12-3-6-17-7-4-12/h9-10,12,14H,2-8H2,1H3. The number of rotatable bonds is 5.